The number of carbonyl (C=O) groups excluding carboxylic acids is 1. The zero-order valence-corrected chi connectivity index (χ0v) is 32.2. The minimum atomic E-state index is -0.488. The van der Waals surface area contributed by atoms with Crippen LogP contribution in [0.5, 0.6) is 17.4 Å². The van der Waals surface area contributed by atoms with Gasteiger partial charge in [-0.05, 0) is 36.2 Å². The molecule has 2 aromatic carbocycles. The van der Waals surface area contributed by atoms with Crippen LogP contribution in [-0.4, -0.2) is 77.5 Å². The third kappa shape index (κ3) is 9.96. The van der Waals surface area contributed by atoms with Gasteiger partial charge in [0, 0.05) is 61.0 Å². The van der Waals surface area contributed by atoms with Crippen LogP contribution in [0.15, 0.2) is 102 Å². The van der Waals surface area contributed by atoms with E-state index in [2.05, 4.69) is 25.8 Å². The lowest BCUT2D eigenvalue weighted by Crippen LogP contribution is -2.25. The van der Waals surface area contributed by atoms with Crippen LogP contribution in [-0.2, 0) is 24.4 Å². The first kappa shape index (κ1) is 40.6. The number of methoxy groups -OCH3 is 3. The second-order valence-electron chi connectivity index (χ2n) is 12.2. The van der Waals surface area contributed by atoms with Crippen molar-refractivity contribution >= 4 is 23.5 Å². The molecule has 0 saturated carbocycles. The fourth-order valence-electron chi connectivity index (χ4n) is 5.66. The van der Waals surface area contributed by atoms with Gasteiger partial charge in [0.2, 0.25) is 5.88 Å². The van der Waals surface area contributed by atoms with Crippen LogP contribution in [0, 0.1) is 16.7 Å². The van der Waals surface area contributed by atoms with Crippen molar-refractivity contribution in [1.29, 1.82) is 10.7 Å². The molecule has 5 rings (SSSR count). The first-order valence-electron chi connectivity index (χ1n) is 17.6. The van der Waals surface area contributed by atoms with Crippen molar-refractivity contribution in [2.45, 2.75) is 26.6 Å². The molecule has 3 heterocycles. The number of nitriles is 1. The van der Waals surface area contributed by atoms with E-state index in [0.29, 0.717) is 34.3 Å². The van der Waals surface area contributed by atoms with E-state index in [1.807, 2.05) is 42.5 Å². The van der Waals surface area contributed by atoms with Gasteiger partial charge in [0.1, 0.15) is 35.2 Å². The first-order chi connectivity index (χ1) is 27.7. The zero-order valence-electron chi connectivity index (χ0n) is 32.2. The molecule has 3 aromatic heterocycles. The van der Waals surface area contributed by atoms with Crippen molar-refractivity contribution in [1.82, 2.24) is 30.0 Å². The van der Waals surface area contributed by atoms with Crippen LogP contribution in [0.2, 0.25) is 0 Å². The highest BCUT2D eigenvalue weighted by Gasteiger charge is 2.27. The summed E-state index contributed by atoms with van der Waals surface area (Å²) in [6.45, 7) is 2.22. The number of benzene rings is 2. The summed E-state index contributed by atoms with van der Waals surface area (Å²) in [5, 5.41) is 32.8. The van der Waals surface area contributed by atoms with Crippen LogP contribution in [0.4, 0.5) is 5.69 Å². The van der Waals surface area contributed by atoms with Gasteiger partial charge in [-0.1, -0.05) is 42.5 Å². The Morgan fingerprint density at radius 3 is 2.49 bits per heavy atom. The topological polar surface area (TPSA) is 221 Å². The van der Waals surface area contributed by atoms with E-state index >= 15 is 0 Å². The molecular weight excluding hydrogens is 727 g/mol. The summed E-state index contributed by atoms with van der Waals surface area (Å²) < 4.78 is 24.2. The van der Waals surface area contributed by atoms with Gasteiger partial charge in [0.05, 0.1) is 46.2 Å². The second-order valence-corrected chi connectivity index (χ2v) is 12.2. The maximum atomic E-state index is 13.8. The maximum absolute atomic E-state index is 13.8. The first-order valence-corrected chi connectivity index (χ1v) is 17.6. The van der Waals surface area contributed by atoms with Crippen LogP contribution in [0.3, 0.4) is 0 Å². The molecule has 0 radical (unpaired) electrons. The van der Waals surface area contributed by atoms with Crippen LogP contribution in [0.1, 0.15) is 45.5 Å². The van der Waals surface area contributed by atoms with Gasteiger partial charge in [0.15, 0.2) is 17.4 Å². The summed E-state index contributed by atoms with van der Waals surface area (Å²) in [7, 11) is 6.31. The zero-order chi connectivity index (χ0) is 40.7. The number of carbonyl (C=O) groups is 1. The largest absolute Gasteiger partial charge is 0.497 e. The number of aliphatic imine (C=N–C) groups is 1. The fourth-order valence-corrected chi connectivity index (χ4v) is 5.66. The minimum Gasteiger partial charge on any atom is -0.497 e. The van der Waals surface area contributed by atoms with Crippen LogP contribution < -0.4 is 30.6 Å². The van der Waals surface area contributed by atoms with Crippen LogP contribution in [0.25, 0.3) is 11.5 Å². The second kappa shape index (κ2) is 19.7. The summed E-state index contributed by atoms with van der Waals surface area (Å²) >= 11 is 0. The molecule has 0 atom stereocenters. The number of hydrogen-bond acceptors (Lipinski definition) is 14. The number of allylic oxidation sites excluding steroid dienone is 3. The van der Waals surface area contributed by atoms with Crippen LogP contribution >= 0.6 is 0 Å². The number of hydrogen-bond donors (Lipinski definition) is 4. The molecule has 0 saturated heterocycles. The molecule has 0 unspecified atom stereocenters. The van der Waals surface area contributed by atoms with Crippen molar-refractivity contribution in [2.75, 3.05) is 40.2 Å². The van der Waals surface area contributed by atoms with Crippen molar-refractivity contribution in [2.24, 2.45) is 10.7 Å². The van der Waals surface area contributed by atoms with Gasteiger partial charge in [-0.2, -0.15) is 5.26 Å². The third-order valence-corrected chi connectivity index (χ3v) is 8.51. The van der Waals surface area contributed by atoms with Crippen molar-refractivity contribution in [3.63, 3.8) is 0 Å². The highest BCUT2D eigenvalue weighted by atomic mass is 16.5. The molecule has 0 aliphatic carbocycles. The van der Waals surface area contributed by atoms with E-state index in [0.717, 1.165) is 22.9 Å². The molecule has 57 heavy (non-hydrogen) atoms. The Hall–Kier alpha value is -7.54. The van der Waals surface area contributed by atoms with Gasteiger partial charge >= 0.3 is 0 Å². The number of rotatable bonds is 18. The Morgan fingerprint density at radius 1 is 1.04 bits per heavy atom. The number of nitrogens with two attached hydrogens (primary N) is 1. The fraction of sp³-hybridized carbons (Fsp3) is 0.220. The molecule has 16 heteroatoms. The van der Waals surface area contributed by atoms with Gasteiger partial charge in [-0.25, -0.2) is 9.97 Å². The summed E-state index contributed by atoms with van der Waals surface area (Å²) in [6, 6.07) is 22.0. The summed E-state index contributed by atoms with van der Waals surface area (Å²) in [5.74, 6) is 1.78. The average Bonchev–Trinajstić information content (AvgIpc) is 3.65. The molecule has 16 nitrogen and oxygen atoms in total. The van der Waals surface area contributed by atoms with E-state index in [1.165, 1.54) is 20.3 Å². The predicted molar refractivity (Wildman–Crippen MR) is 216 cm³/mol. The Balaban J connectivity index is 1.66. The smallest absolute Gasteiger partial charge is 0.270 e. The van der Waals surface area contributed by atoms with E-state index in [9.17, 15) is 4.79 Å². The number of nitrogens with zero attached hydrogens (tertiary/aromatic N) is 7. The Morgan fingerprint density at radius 2 is 1.84 bits per heavy atom. The van der Waals surface area contributed by atoms with Gasteiger partial charge < -0.3 is 40.7 Å². The molecule has 0 aliphatic heterocycles. The maximum Gasteiger partial charge on any atom is 0.270 e. The molecule has 5 N–H and O–H groups in total. The van der Waals surface area contributed by atoms with E-state index in [-0.39, 0.29) is 60.7 Å². The van der Waals surface area contributed by atoms with E-state index in [4.69, 9.17) is 45.3 Å². The van der Waals surface area contributed by atoms with Crippen molar-refractivity contribution < 1.29 is 23.7 Å². The molecule has 0 spiro atoms. The van der Waals surface area contributed by atoms with Gasteiger partial charge in [0.25, 0.3) is 5.91 Å². The quantitative estimate of drug-likeness (QED) is 0.0522. The number of anilines is 1. The molecule has 0 aliphatic rings. The Bertz CT molecular complexity index is 2330. The summed E-state index contributed by atoms with van der Waals surface area (Å²) in [6.07, 6.45) is 5.69. The molecule has 1 amide bonds. The predicted octanol–water partition coefficient (Wildman–Crippen LogP) is 5.05. The number of nitrogens with one attached hydrogen (secondary N) is 3. The molecule has 0 fully saturated rings. The molecular formula is C41H43N11O5. The van der Waals surface area contributed by atoms with Crippen molar-refractivity contribution in [3.8, 4) is 35.0 Å². The van der Waals surface area contributed by atoms with Gasteiger partial charge in [-0.15, -0.1) is 10.2 Å². The lowest BCUT2D eigenvalue weighted by atomic mass is 10.1. The third-order valence-electron chi connectivity index (χ3n) is 8.51. The highest BCUT2D eigenvalue weighted by Crippen LogP contribution is 2.30. The Kier molecular flexibility index (Phi) is 14.0. The minimum absolute atomic E-state index is 0.0507. The van der Waals surface area contributed by atoms with E-state index < -0.39 is 5.91 Å². The standard InChI is InChI=1S/C41H43N11O5/c1-26(44)38(57-25-27-11-7-6-8-12-27)37(46-18-10-9-17-42)40-51-50-39(52(40)24-28-13-16-35(56-5)47-22-28)36-31(21-43)32(45-2)20-33(49-36)41(53)48-23-29-14-15-30(54-3)19-34(29)55-4/h6-16,19-22,43H,18,23-25,44H2,1-5H3,(H,45,49)(H,48,53)/b10-9+,38-26+,43-21?,46-37?. The van der Waals surface area contributed by atoms with E-state index in [1.54, 1.807) is 68.3 Å². The number of ether oxygens (including phenoxy) is 4. The van der Waals surface area contributed by atoms with Crippen molar-refractivity contribution in [3.05, 3.63) is 130 Å². The van der Waals surface area contributed by atoms with Gasteiger partial charge in [-0.3, -0.25) is 14.4 Å². The SMILES string of the molecule is CNc1cc(C(=O)NCc2ccc(OC)cc2OC)nc(-c2nnc(C(=NC/C=C/C#N)/C(OCc3ccccc3)=C(/C)N)n2Cc2ccc(OC)nc2)c1C=N. The molecule has 292 valence electrons. The normalized spacial score (nSPS) is 11.7. The Labute approximate surface area is 330 Å². The lowest BCUT2D eigenvalue weighted by molar-refractivity contribution is 0.0946. The average molecular weight is 770 g/mol. The highest BCUT2D eigenvalue weighted by molar-refractivity contribution is 6.10. The lowest BCUT2D eigenvalue weighted by Gasteiger charge is -2.18. The molecule has 5 aromatic rings. The number of aromatic nitrogens is 5. The molecule has 0 bridgehead atoms. The summed E-state index contributed by atoms with van der Waals surface area (Å²) in [4.78, 5) is 27.8. The summed E-state index contributed by atoms with van der Waals surface area (Å²) in [5.41, 5.74) is 10.4. The monoisotopic (exact) mass is 769 g/mol. The number of amides is 1. The number of pyridine rings is 2.